The largest absolute Gasteiger partial charge is 0.478 e. The third kappa shape index (κ3) is 2.77. The normalized spacial score (nSPS) is 10.3. The number of nitro groups is 1. The Morgan fingerprint density at radius 3 is 2.81 bits per heavy atom. The summed E-state index contributed by atoms with van der Waals surface area (Å²) >= 11 is 0. The second kappa shape index (κ2) is 4.87. The van der Waals surface area contributed by atoms with Crippen molar-refractivity contribution in [3.8, 4) is 0 Å². The van der Waals surface area contributed by atoms with Crippen molar-refractivity contribution in [2.45, 2.75) is 0 Å². The van der Waals surface area contributed by atoms with Gasteiger partial charge in [-0.2, -0.15) is 0 Å². The Kier molecular flexibility index (Phi) is 3.54. The highest BCUT2D eigenvalue weighted by molar-refractivity contribution is 5.94. The van der Waals surface area contributed by atoms with Gasteiger partial charge in [-0.05, 0) is 12.1 Å². The first-order valence-corrected chi connectivity index (χ1v) is 4.11. The molecular formula is C9H7FN2O4. The molecule has 0 aliphatic carbocycles. The van der Waals surface area contributed by atoms with Crippen LogP contribution in [0, 0.1) is 15.9 Å². The Labute approximate surface area is 89.2 Å². The molecule has 0 aliphatic heterocycles. The van der Waals surface area contributed by atoms with Crippen LogP contribution in [0.25, 0.3) is 0 Å². The van der Waals surface area contributed by atoms with E-state index in [1.54, 1.807) is 0 Å². The molecule has 0 saturated heterocycles. The summed E-state index contributed by atoms with van der Waals surface area (Å²) in [6.07, 6.45) is 1.39. The van der Waals surface area contributed by atoms with Crippen LogP contribution in [0.15, 0.2) is 30.6 Å². The Bertz CT molecular complexity index is 459. The Balaban J connectivity index is 3.02. The lowest BCUT2D eigenvalue weighted by Crippen LogP contribution is -2.04. The Morgan fingerprint density at radius 1 is 1.56 bits per heavy atom. The highest BCUT2D eigenvalue weighted by atomic mass is 19.1. The molecule has 0 heterocycles. The van der Waals surface area contributed by atoms with Crippen LogP contribution >= 0.6 is 0 Å². The van der Waals surface area contributed by atoms with Crippen LogP contribution in [0.1, 0.15) is 10.4 Å². The predicted octanol–water partition coefficient (Wildman–Crippen LogP) is 1.68. The number of rotatable bonds is 4. The first-order valence-electron chi connectivity index (χ1n) is 4.11. The van der Waals surface area contributed by atoms with Gasteiger partial charge >= 0.3 is 5.97 Å². The molecule has 0 atom stereocenters. The zero-order valence-corrected chi connectivity index (χ0v) is 7.88. The van der Waals surface area contributed by atoms with Gasteiger partial charge in [-0.15, -0.1) is 0 Å². The summed E-state index contributed by atoms with van der Waals surface area (Å²) in [5.74, 6) is -2.12. The quantitative estimate of drug-likeness (QED) is 0.601. The highest BCUT2D eigenvalue weighted by Crippen LogP contribution is 2.19. The van der Waals surface area contributed by atoms with Crippen LogP contribution < -0.4 is 5.32 Å². The van der Waals surface area contributed by atoms with E-state index >= 15 is 0 Å². The zero-order chi connectivity index (χ0) is 12.1. The van der Waals surface area contributed by atoms with E-state index in [1.165, 1.54) is 12.1 Å². The van der Waals surface area contributed by atoms with E-state index in [2.05, 4.69) is 5.32 Å². The van der Waals surface area contributed by atoms with Gasteiger partial charge in [0.1, 0.15) is 5.82 Å². The molecule has 0 fully saturated rings. The molecule has 0 saturated carbocycles. The molecular weight excluding hydrogens is 219 g/mol. The molecule has 0 unspecified atom stereocenters. The monoisotopic (exact) mass is 226 g/mol. The summed E-state index contributed by atoms with van der Waals surface area (Å²) in [6, 6.07) is 3.48. The second-order valence-electron chi connectivity index (χ2n) is 2.71. The topological polar surface area (TPSA) is 92.5 Å². The van der Waals surface area contributed by atoms with Gasteiger partial charge in [0, 0.05) is 0 Å². The molecule has 7 heteroatoms. The van der Waals surface area contributed by atoms with Crippen molar-refractivity contribution < 1.29 is 19.2 Å². The van der Waals surface area contributed by atoms with Crippen molar-refractivity contribution in [3.63, 3.8) is 0 Å². The standard InChI is InChI=1S/C9H7FN2O4/c10-7-3-1-2-6(9(13)14)8(7)11-4-5-12(15)16/h1-5,11H,(H,13,14). The molecule has 0 amide bonds. The van der Waals surface area contributed by atoms with Gasteiger partial charge in [-0.3, -0.25) is 10.1 Å². The minimum absolute atomic E-state index is 0.298. The van der Waals surface area contributed by atoms with E-state index in [4.69, 9.17) is 5.11 Å². The number of carboxylic acid groups (broad SMARTS) is 1. The van der Waals surface area contributed by atoms with Gasteiger partial charge in [0.05, 0.1) is 22.4 Å². The summed E-state index contributed by atoms with van der Waals surface area (Å²) in [5.41, 5.74) is -0.610. The Morgan fingerprint density at radius 2 is 2.25 bits per heavy atom. The number of aromatic carboxylic acids is 1. The number of nitrogens with one attached hydrogen (secondary N) is 1. The van der Waals surface area contributed by atoms with Crippen molar-refractivity contribution >= 4 is 11.7 Å². The van der Waals surface area contributed by atoms with Crippen molar-refractivity contribution in [2.75, 3.05) is 5.32 Å². The molecule has 0 aromatic heterocycles. The third-order valence-corrected chi connectivity index (χ3v) is 1.67. The number of para-hydroxylation sites is 1. The smallest absolute Gasteiger partial charge is 0.337 e. The zero-order valence-electron chi connectivity index (χ0n) is 7.88. The van der Waals surface area contributed by atoms with Gasteiger partial charge in [0.15, 0.2) is 0 Å². The first kappa shape index (κ1) is 11.6. The molecule has 2 N–H and O–H groups in total. The highest BCUT2D eigenvalue weighted by Gasteiger charge is 2.12. The summed E-state index contributed by atoms with van der Waals surface area (Å²) < 4.78 is 13.2. The fraction of sp³-hybridized carbons (Fsp3) is 0. The number of carboxylic acids is 1. The predicted molar refractivity (Wildman–Crippen MR) is 53.1 cm³/mol. The molecule has 1 aromatic rings. The van der Waals surface area contributed by atoms with E-state index < -0.39 is 16.7 Å². The average molecular weight is 226 g/mol. The van der Waals surface area contributed by atoms with E-state index in [1.807, 2.05) is 0 Å². The molecule has 0 spiro atoms. The van der Waals surface area contributed by atoms with Gasteiger partial charge in [0.25, 0.3) is 0 Å². The van der Waals surface area contributed by atoms with Gasteiger partial charge < -0.3 is 10.4 Å². The van der Waals surface area contributed by atoms with Crippen molar-refractivity contribution in [3.05, 3.63) is 52.1 Å². The summed E-state index contributed by atoms with van der Waals surface area (Å²) in [6.45, 7) is 0. The fourth-order valence-electron chi connectivity index (χ4n) is 1.03. The second-order valence-corrected chi connectivity index (χ2v) is 2.71. The lowest BCUT2D eigenvalue weighted by atomic mass is 10.1. The first-order chi connectivity index (χ1) is 7.52. The van der Waals surface area contributed by atoms with E-state index in [9.17, 15) is 19.3 Å². The summed E-state index contributed by atoms with van der Waals surface area (Å²) in [4.78, 5) is 19.9. The maximum absolute atomic E-state index is 13.2. The third-order valence-electron chi connectivity index (χ3n) is 1.67. The number of halogens is 1. The number of carbonyl (C=O) groups is 1. The number of hydrogen-bond acceptors (Lipinski definition) is 4. The molecule has 6 nitrogen and oxygen atoms in total. The van der Waals surface area contributed by atoms with Crippen LogP contribution in [0.4, 0.5) is 10.1 Å². The van der Waals surface area contributed by atoms with Gasteiger partial charge in [-0.25, -0.2) is 9.18 Å². The maximum atomic E-state index is 13.2. The summed E-state index contributed by atoms with van der Waals surface area (Å²) in [7, 11) is 0. The lowest BCUT2D eigenvalue weighted by molar-refractivity contribution is -0.402. The minimum atomic E-state index is -1.32. The van der Waals surface area contributed by atoms with E-state index in [0.29, 0.717) is 6.20 Å². The van der Waals surface area contributed by atoms with Crippen molar-refractivity contribution in [1.82, 2.24) is 0 Å². The van der Waals surface area contributed by atoms with E-state index in [-0.39, 0.29) is 11.3 Å². The molecule has 1 aromatic carbocycles. The Hall–Kier alpha value is -2.44. The van der Waals surface area contributed by atoms with Crippen LogP contribution in [-0.2, 0) is 0 Å². The van der Waals surface area contributed by atoms with Crippen molar-refractivity contribution in [2.24, 2.45) is 0 Å². The lowest BCUT2D eigenvalue weighted by Gasteiger charge is -2.05. The number of hydrogen-bond donors (Lipinski definition) is 2. The molecule has 0 radical (unpaired) electrons. The number of benzene rings is 1. The average Bonchev–Trinajstić information content (AvgIpc) is 2.19. The minimum Gasteiger partial charge on any atom is -0.478 e. The number of nitrogens with zero attached hydrogens (tertiary/aromatic N) is 1. The maximum Gasteiger partial charge on any atom is 0.337 e. The molecule has 84 valence electrons. The molecule has 0 bridgehead atoms. The number of anilines is 1. The summed E-state index contributed by atoms with van der Waals surface area (Å²) in [5, 5.41) is 20.9. The fourth-order valence-corrected chi connectivity index (χ4v) is 1.03. The van der Waals surface area contributed by atoms with E-state index in [0.717, 1.165) is 12.3 Å². The van der Waals surface area contributed by atoms with Crippen LogP contribution in [-0.4, -0.2) is 16.0 Å². The van der Waals surface area contributed by atoms with Crippen LogP contribution in [0.3, 0.4) is 0 Å². The van der Waals surface area contributed by atoms with Gasteiger partial charge in [-0.1, -0.05) is 6.07 Å². The van der Waals surface area contributed by atoms with Crippen LogP contribution in [0.5, 0.6) is 0 Å². The van der Waals surface area contributed by atoms with Crippen molar-refractivity contribution in [1.29, 1.82) is 0 Å². The SMILES string of the molecule is O=C(O)c1cccc(F)c1NC=C[N+](=O)[O-]. The molecule has 0 aliphatic rings. The van der Waals surface area contributed by atoms with Crippen LogP contribution in [0.2, 0.25) is 0 Å². The molecule has 1 rings (SSSR count). The molecule has 16 heavy (non-hydrogen) atoms. The van der Waals surface area contributed by atoms with Gasteiger partial charge in [0.2, 0.25) is 6.20 Å².